The number of rotatable bonds is 3. The molecule has 118 valence electrons. The summed E-state index contributed by atoms with van der Waals surface area (Å²) in [5.41, 5.74) is 3.22. The molecular formula is C19H20ClN3. The van der Waals surface area contributed by atoms with E-state index in [9.17, 15) is 0 Å². The summed E-state index contributed by atoms with van der Waals surface area (Å²) in [5, 5.41) is 4.42. The molecule has 1 N–H and O–H groups in total. The molecule has 4 rings (SSSR count). The van der Waals surface area contributed by atoms with Crippen molar-refractivity contribution < 1.29 is 0 Å². The molecule has 1 saturated carbocycles. The summed E-state index contributed by atoms with van der Waals surface area (Å²) in [5.74, 6) is 0.931. The van der Waals surface area contributed by atoms with E-state index in [2.05, 4.69) is 28.1 Å². The fourth-order valence-corrected chi connectivity index (χ4v) is 3.53. The van der Waals surface area contributed by atoms with Crippen LogP contribution in [0.1, 0.15) is 32.1 Å². The molecule has 4 heteroatoms. The van der Waals surface area contributed by atoms with Gasteiger partial charge in [-0.3, -0.25) is 4.57 Å². The second kappa shape index (κ2) is 6.25. The molecule has 3 aromatic rings. The Hall–Kier alpha value is -2.00. The van der Waals surface area contributed by atoms with Gasteiger partial charge in [-0.1, -0.05) is 43.0 Å². The monoisotopic (exact) mass is 325 g/mol. The first-order chi connectivity index (χ1) is 11.3. The zero-order valence-electron chi connectivity index (χ0n) is 13.0. The zero-order chi connectivity index (χ0) is 15.6. The molecule has 2 aromatic carbocycles. The van der Waals surface area contributed by atoms with Crippen molar-refractivity contribution in [3.8, 4) is 5.69 Å². The Morgan fingerprint density at radius 3 is 2.48 bits per heavy atom. The molecule has 0 saturated heterocycles. The van der Waals surface area contributed by atoms with E-state index < -0.39 is 0 Å². The molecule has 1 aromatic heterocycles. The number of fused-ring (bicyclic) bond motifs is 1. The Balaban J connectivity index is 1.79. The van der Waals surface area contributed by atoms with Crippen molar-refractivity contribution in [3.05, 3.63) is 53.6 Å². The molecule has 0 amide bonds. The van der Waals surface area contributed by atoms with Gasteiger partial charge in [-0.2, -0.15) is 0 Å². The number of hydrogen-bond donors (Lipinski definition) is 1. The van der Waals surface area contributed by atoms with Crippen molar-refractivity contribution in [2.75, 3.05) is 5.32 Å². The van der Waals surface area contributed by atoms with Crippen LogP contribution in [0.15, 0.2) is 48.5 Å². The van der Waals surface area contributed by atoms with Crippen LogP contribution in [0, 0.1) is 0 Å². The van der Waals surface area contributed by atoms with Crippen LogP contribution in [0.25, 0.3) is 16.7 Å². The van der Waals surface area contributed by atoms with Gasteiger partial charge in [-0.05, 0) is 49.2 Å². The lowest BCUT2D eigenvalue weighted by Gasteiger charge is -2.23. The summed E-state index contributed by atoms with van der Waals surface area (Å²) in [6, 6.07) is 16.7. The topological polar surface area (TPSA) is 29.9 Å². The Labute approximate surface area is 141 Å². The number of anilines is 1. The molecule has 0 spiro atoms. The van der Waals surface area contributed by atoms with Crippen LogP contribution in [0.5, 0.6) is 0 Å². The predicted molar refractivity (Wildman–Crippen MR) is 96.6 cm³/mol. The average Bonchev–Trinajstić information content (AvgIpc) is 2.94. The summed E-state index contributed by atoms with van der Waals surface area (Å²) < 4.78 is 2.19. The van der Waals surface area contributed by atoms with E-state index in [1.54, 1.807) is 0 Å². The normalized spacial score (nSPS) is 15.9. The largest absolute Gasteiger partial charge is 0.353 e. The van der Waals surface area contributed by atoms with Gasteiger partial charge in [0.2, 0.25) is 5.95 Å². The first-order valence-corrected chi connectivity index (χ1v) is 8.69. The third kappa shape index (κ3) is 2.93. The van der Waals surface area contributed by atoms with E-state index in [-0.39, 0.29) is 0 Å². The van der Waals surface area contributed by atoms with Crippen molar-refractivity contribution in [2.45, 2.75) is 38.1 Å². The number of aromatic nitrogens is 2. The van der Waals surface area contributed by atoms with Crippen molar-refractivity contribution >= 4 is 28.6 Å². The second-order valence-electron chi connectivity index (χ2n) is 6.22. The molecule has 0 bridgehead atoms. The van der Waals surface area contributed by atoms with E-state index in [0.717, 1.165) is 27.7 Å². The highest BCUT2D eigenvalue weighted by molar-refractivity contribution is 6.30. The standard InChI is InChI=1S/C19H20ClN3/c20-14-10-12-16(13-11-14)23-18-9-5-4-8-17(18)22-19(23)21-15-6-2-1-3-7-15/h4-5,8-13,15H,1-3,6-7H2,(H,21,22). The van der Waals surface area contributed by atoms with Gasteiger partial charge in [0.05, 0.1) is 11.0 Å². The maximum Gasteiger partial charge on any atom is 0.208 e. The zero-order valence-corrected chi connectivity index (χ0v) is 13.8. The lowest BCUT2D eigenvalue weighted by atomic mass is 9.96. The molecule has 3 nitrogen and oxygen atoms in total. The Morgan fingerprint density at radius 2 is 1.70 bits per heavy atom. The number of imidazole rings is 1. The van der Waals surface area contributed by atoms with Gasteiger partial charge in [0.15, 0.2) is 0 Å². The van der Waals surface area contributed by atoms with E-state index in [4.69, 9.17) is 16.6 Å². The van der Waals surface area contributed by atoms with Crippen LogP contribution in [0.3, 0.4) is 0 Å². The number of para-hydroxylation sites is 2. The van der Waals surface area contributed by atoms with Crippen molar-refractivity contribution in [2.24, 2.45) is 0 Å². The third-order valence-electron chi connectivity index (χ3n) is 4.58. The minimum absolute atomic E-state index is 0.520. The van der Waals surface area contributed by atoms with Crippen LogP contribution in [-0.2, 0) is 0 Å². The van der Waals surface area contributed by atoms with Crippen LogP contribution < -0.4 is 5.32 Å². The fraction of sp³-hybridized carbons (Fsp3) is 0.316. The van der Waals surface area contributed by atoms with Crippen LogP contribution in [0.4, 0.5) is 5.95 Å². The van der Waals surface area contributed by atoms with Gasteiger partial charge in [-0.15, -0.1) is 0 Å². The highest BCUT2D eigenvalue weighted by atomic mass is 35.5. The molecule has 23 heavy (non-hydrogen) atoms. The number of nitrogens with one attached hydrogen (secondary N) is 1. The smallest absolute Gasteiger partial charge is 0.208 e. The lowest BCUT2D eigenvalue weighted by Crippen LogP contribution is -2.24. The highest BCUT2D eigenvalue weighted by Crippen LogP contribution is 2.28. The number of halogens is 1. The molecule has 0 unspecified atom stereocenters. The average molecular weight is 326 g/mol. The van der Waals surface area contributed by atoms with E-state index in [1.165, 1.54) is 32.1 Å². The van der Waals surface area contributed by atoms with Gasteiger partial charge >= 0.3 is 0 Å². The maximum absolute atomic E-state index is 6.05. The van der Waals surface area contributed by atoms with Gasteiger partial charge in [0.1, 0.15) is 0 Å². The summed E-state index contributed by atoms with van der Waals surface area (Å²) in [6.07, 6.45) is 6.41. The quantitative estimate of drug-likeness (QED) is 0.696. The predicted octanol–water partition coefficient (Wildman–Crippen LogP) is 5.42. The maximum atomic E-state index is 6.05. The summed E-state index contributed by atoms with van der Waals surface area (Å²) in [7, 11) is 0. The van der Waals surface area contributed by atoms with E-state index >= 15 is 0 Å². The number of nitrogens with zero attached hydrogens (tertiary/aromatic N) is 2. The van der Waals surface area contributed by atoms with Gasteiger partial charge in [-0.25, -0.2) is 4.98 Å². The van der Waals surface area contributed by atoms with Crippen LogP contribution >= 0.6 is 11.6 Å². The van der Waals surface area contributed by atoms with E-state index in [1.807, 2.05) is 30.3 Å². The first kappa shape index (κ1) is 14.6. The molecule has 1 aliphatic rings. The first-order valence-electron chi connectivity index (χ1n) is 8.31. The van der Waals surface area contributed by atoms with Crippen molar-refractivity contribution in [3.63, 3.8) is 0 Å². The van der Waals surface area contributed by atoms with Crippen molar-refractivity contribution in [1.29, 1.82) is 0 Å². The lowest BCUT2D eigenvalue weighted by molar-refractivity contribution is 0.460. The Morgan fingerprint density at radius 1 is 0.957 bits per heavy atom. The van der Waals surface area contributed by atoms with Crippen LogP contribution in [0.2, 0.25) is 5.02 Å². The van der Waals surface area contributed by atoms with Crippen LogP contribution in [-0.4, -0.2) is 15.6 Å². The molecule has 1 fully saturated rings. The second-order valence-corrected chi connectivity index (χ2v) is 6.65. The SMILES string of the molecule is Clc1ccc(-n2c(NC3CCCCC3)nc3ccccc32)cc1. The number of hydrogen-bond acceptors (Lipinski definition) is 2. The number of benzene rings is 2. The summed E-state index contributed by atoms with van der Waals surface area (Å²) >= 11 is 6.05. The fourth-order valence-electron chi connectivity index (χ4n) is 3.40. The molecular weight excluding hydrogens is 306 g/mol. The minimum atomic E-state index is 0.520. The van der Waals surface area contributed by atoms with Gasteiger partial charge in [0, 0.05) is 16.8 Å². The third-order valence-corrected chi connectivity index (χ3v) is 4.84. The molecule has 0 radical (unpaired) electrons. The molecule has 0 atom stereocenters. The summed E-state index contributed by atoms with van der Waals surface area (Å²) in [6.45, 7) is 0. The Bertz CT molecular complexity index is 801. The molecule has 0 aliphatic heterocycles. The Kier molecular flexibility index (Phi) is 3.96. The van der Waals surface area contributed by atoms with E-state index in [0.29, 0.717) is 6.04 Å². The van der Waals surface area contributed by atoms with Gasteiger partial charge in [0.25, 0.3) is 0 Å². The highest BCUT2D eigenvalue weighted by Gasteiger charge is 2.18. The summed E-state index contributed by atoms with van der Waals surface area (Å²) in [4.78, 5) is 4.82. The molecule has 1 heterocycles. The minimum Gasteiger partial charge on any atom is -0.353 e. The molecule has 1 aliphatic carbocycles. The van der Waals surface area contributed by atoms with Gasteiger partial charge < -0.3 is 5.32 Å². The van der Waals surface area contributed by atoms with Crippen molar-refractivity contribution in [1.82, 2.24) is 9.55 Å².